The number of benzene rings is 1. The van der Waals surface area contributed by atoms with Crippen LogP contribution in [0.4, 0.5) is 0 Å². The lowest BCUT2D eigenvalue weighted by atomic mass is 10.1. The molecule has 0 bridgehead atoms. The average molecular weight is 415 g/mol. The molecule has 116 valence electrons. The van der Waals surface area contributed by atoms with Crippen LogP contribution in [0.25, 0.3) is 0 Å². The van der Waals surface area contributed by atoms with Crippen molar-refractivity contribution >= 4 is 53.2 Å². The third kappa shape index (κ3) is 4.12. The van der Waals surface area contributed by atoms with Crippen LogP contribution in [0.5, 0.6) is 0 Å². The summed E-state index contributed by atoms with van der Waals surface area (Å²) >= 11 is 9.03. The fourth-order valence-corrected chi connectivity index (χ4v) is 4.86. The molecule has 1 N–H and O–H groups in total. The van der Waals surface area contributed by atoms with E-state index in [1.807, 2.05) is 0 Å². The molecule has 0 spiro atoms. The van der Waals surface area contributed by atoms with Crippen molar-refractivity contribution in [2.45, 2.75) is 37.1 Å². The molecule has 1 amide bonds. The van der Waals surface area contributed by atoms with Crippen molar-refractivity contribution in [3.8, 4) is 0 Å². The first-order valence-corrected chi connectivity index (χ1v) is 9.91. The molecule has 0 aliphatic heterocycles. The molecule has 4 nitrogen and oxygen atoms in total. The van der Waals surface area contributed by atoms with Crippen molar-refractivity contribution in [1.29, 1.82) is 0 Å². The average Bonchev–Trinajstić information content (AvgIpc) is 2.76. The summed E-state index contributed by atoms with van der Waals surface area (Å²) in [6.07, 6.45) is 2.93. The van der Waals surface area contributed by atoms with Crippen LogP contribution in [0, 0.1) is 5.92 Å². The second kappa shape index (κ2) is 6.44. The molecule has 0 saturated heterocycles. The quantitative estimate of drug-likeness (QED) is 0.761. The van der Waals surface area contributed by atoms with Gasteiger partial charge in [0.25, 0.3) is 15.0 Å². The van der Waals surface area contributed by atoms with Gasteiger partial charge in [0, 0.05) is 22.3 Å². The number of carbonyl (C=O) groups is 1. The van der Waals surface area contributed by atoms with Crippen LogP contribution in [0.15, 0.2) is 21.5 Å². The summed E-state index contributed by atoms with van der Waals surface area (Å²) < 4.78 is 23.2. The Kier molecular flexibility index (Phi) is 5.23. The highest BCUT2D eigenvalue weighted by Crippen LogP contribution is 2.33. The van der Waals surface area contributed by atoms with Gasteiger partial charge in [0.1, 0.15) is 0 Å². The summed E-state index contributed by atoms with van der Waals surface area (Å²) in [5, 5.41) is 3.03. The standard InChI is InChI=1S/C13H14BrCl2NO3S/c1-7-2-3-9(4-7)17-13(18)8-5-10(15)12(14)11(6-8)21(16,19)20/h5-7,9H,2-4H2,1H3,(H,17,18). The SMILES string of the molecule is CC1CCC(NC(=O)c2cc(Cl)c(Br)c(S(=O)(=O)Cl)c2)C1. The highest BCUT2D eigenvalue weighted by Gasteiger charge is 2.25. The normalized spacial score (nSPS) is 22.3. The van der Waals surface area contributed by atoms with Gasteiger partial charge in [-0.05, 0) is 53.2 Å². The van der Waals surface area contributed by atoms with Gasteiger partial charge >= 0.3 is 0 Å². The molecular weight excluding hydrogens is 401 g/mol. The first kappa shape index (κ1) is 17.1. The van der Waals surface area contributed by atoms with Crippen LogP contribution < -0.4 is 5.32 Å². The van der Waals surface area contributed by atoms with E-state index >= 15 is 0 Å². The van der Waals surface area contributed by atoms with E-state index in [9.17, 15) is 13.2 Å². The lowest BCUT2D eigenvalue weighted by molar-refractivity contribution is 0.0937. The second-order valence-corrected chi connectivity index (χ2v) is 9.03. The molecule has 2 rings (SSSR count). The van der Waals surface area contributed by atoms with Gasteiger partial charge in [0.15, 0.2) is 0 Å². The van der Waals surface area contributed by atoms with E-state index in [4.69, 9.17) is 22.3 Å². The molecule has 1 aromatic rings. The first-order chi connectivity index (χ1) is 9.68. The van der Waals surface area contributed by atoms with Crippen LogP contribution >= 0.6 is 38.2 Å². The molecule has 8 heteroatoms. The lowest BCUT2D eigenvalue weighted by Crippen LogP contribution is -2.33. The van der Waals surface area contributed by atoms with Gasteiger partial charge in [0.2, 0.25) is 0 Å². The highest BCUT2D eigenvalue weighted by atomic mass is 79.9. The minimum atomic E-state index is -3.99. The Labute approximate surface area is 141 Å². The number of halogens is 3. The molecular formula is C13H14BrCl2NO3S. The number of amides is 1. The maximum Gasteiger partial charge on any atom is 0.262 e. The maximum atomic E-state index is 12.2. The summed E-state index contributed by atoms with van der Waals surface area (Å²) in [5.74, 6) is 0.243. The van der Waals surface area contributed by atoms with E-state index in [1.54, 1.807) is 0 Å². The van der Waals surface area contributed by atoms with Crippen molar-refractivity contribution in [3.63, 3.8) is 0 Å². The molecule has 21 heavy (non-hydrogen) atoms. The molecule has 1 aromatic carbocycles. The van der Waals surface area contributed by atoms with E-state index in [-0.39, 0.29) is 31.9 Å². The first-order valence-electron chi connectivity index (χ1n) is 6.43. The van der Waals surface area contributed by atoms with Gasteiger partial charge < -0.3 is 5.32 Å². The summed E-state index contributed by atoms with van der Waals surface area (Å²) in [5.41, 5.74) is 0.182. The highest BCUT2D eigenvalue weighted by molar-refractivity contribution is 9.10. The predicted molar refractivity (Wildman–Crippen MR) is 86.5 cm³/mol. The van der Waals surface area contributed by atoms with E-state index < -0.39 is 9.05 Å². The van der Waals surface area contributed by atoms with E-state index in [0.29, 0.717) is 5.92 Å². The number of carbonyl (C=O) groups excluding carboxylic acids is 1. The number of hydrogen-bond acceptors (Lipinski definition) is 3. The smallest absolute Gasteiger partial charge is 0.262 e. The summed E-state index contributed by atoms with van der Waals surface area (Å²) in [4.78, 5) is 12.0. The Morgan fingerprint density at radius 3 is 2.57 bits per heavy atom. The van der Waals surface area contributed by atoms with Crippen LogP contribution in [-0.2, 0) is 9.05 Å². The van der Waals surface area contributed by atoms with Gasteiger partial charge in [-0.3, -0.25) is 4.79 Å². The van der Waals surface area contributed by atoms with Crippen molar-refractivity contribution in [2.24, 2.45) is 5.92 Å². The zero-order valence-corrected chi connectivity index (χ0v) is 15.1. The van der Waals surface area contributed by atoms with Crippen LogP contribution in [0.2, 0.25) is 5.02 Å². The van der Waals surface area contributed by atoms with Crippen molar-refractivity contribution < 1.29 is 13.2 Å². The monoisotopic (exact) mass is 413 g/mol. The van der Waals surface area contributed by atoms with E-state index in [0.717, 1.165) is 19.3 Å². The van der Waals surface area contributed by atoms with Gasteiger partial charge in [-0.15, -0.1) is 0 Å². The van der Waals surface area contributed by atoms with E-state index in [1.165, 1.54) is 12.1 Å². The Morgan fingerprint density at radius 1 is 1.38 bits per heavy atom. The molecule has 1 fully saturated rings. The van der Waals surface area contributed by atoms with Gasteiger partial charge in [-0.2, -0.15) is 0 Å². The number of hydrogen-bond donors (Lipinski definition) is 1. The molecule has 1 saturated carbocycles. The maximum absolute atomic E-state index is 12.2. The van der Waals surface area contributed by atoms with Crippen molar-refractivity contribution in [3.05, 3.63) is 27.2 Å². The third-order valence-electron chi connectivity index (χ3n) is 3.55. The Bertz CT molecular complexity index is 678. The van der Waals surface area contributed by atoms with E-state index in [2.05, 4.69) is 28.2 Å². The molecule has 2 unspecified atom stereocenters. The number of rotatable bonds is 3. The predicted octanol–water partition coefficient (Wildman–Crippen LogP) is 3.95. The Morgan fingerprint density at radius 2 is 2.05 bits per heavy atom. The molecule has 0 radical (unpaired) electrons. The lowest BCUT2D eigenvalue weighted by Gasteiger charge is -2.13. The zero-order valence-electron chi connectivity index (χ0n) is 11.2. The van der Waals surface area contributed by atoms with Crippen LogP contribution in [0.3, 0.4) is 0 Å². The minimum Gasteiger partial charge on any atom is -0.349 e. The van der Waals surface area contributed by atoms with Crippen LogP contribution in [-0.4, -0.2) is 20.4 Å². The molecule has 1 aliphatic rings. The summed E-state index contributed by atoms with van der Waals surface area (Å²) in [6.45, 7) is 2.14. The van der Waals surface area contributed by atoms with Gasteiger partial charge in [0.05, 0.1) is 14.4 Å². The largest absolute Gasteiger partial charge is 0.349 e. The topological polar surface area (TPSA) is 63.2 Å². The fraction of sp³-hybridized carbons (Fsp3) is 0.462. The zero-order chi connectivity index (χ0) is 15.8. The summed E-state index contributed by atoms with van der Waals surface area (Å²) in [6, 6.07) is 2.77. The van der Waals surface area contributed by atoms with Gasteiger partial charge in [-0.1, -0.05) is 18.5 Å². The molecule has 0 heterocycles. The Hall–Kier alpha value is -0.300. The summed E-state index contributed by atoms with van der Waals surface area (Å²) in [7, 11) is 1.37. The molecule has 0 aromatic heterocycles. The van der Waals surface area contributed by atoms with Gasteiger partial charge in [-0.25, -0.2) is 8.42 Å². The number of nitrogens with one attached hydrogen (secondary N) is 1. The second-order valence-electron chi connectivity index (χ2n) is 5.30. The van der Waals surface area contributed by atoms with Crippen molar-refractivity contribution in [2.75, 3.05) is 0 Å². The molecule has 2 atom stereocenters. The fourth-order valence-electron chi connectivity index (χ4n) is 2.48. The molecule has 1 aliphatic carbocycles. The Balaban J connectivity index is 2.28. The van der Waals surface area contributed by atoms with Crippen molar-refractivity contribution in [1.82, 2.24) is 5.32 Å². The van der Waals surface area contributed by atoms with Crippen LogP contribution in [0.1, 0.15) is 36.5 Å². The third-order valence-corrected chi connectivity index (χ3v) is 6.54. The minimum absolute atomic E-state index is 0.117.